The number of carbonyl (C=O) groups excluding carboxylic acids is 1. The van der Waals surface area contributed by atoms with Crippen LogP contribution in [0.15, 0.2) is 35.1 Å². The van der Waals surface area contributed by atoms with Gasteiger partial charge < -0.3 is 14.2 Å². The van der Waals surface area contributed by atoms with Gasteiger partial charge in [0.1, 0.15) is 17.7 Å². The highest BCUT2D eigenvalue weighted by molar-refractivity contribution is 5.77. The fourth-order valence-electron chi connectivity index (χ4n) is 2.91. The van der Waals surface area contributed by atoms with Gasteiger partial charge in [-0.25, -0.2) is 4.39 Å². The zero-order valence-corrected chi connectivity index (χ0v) is 15.3. The Morgan fingerprint density at radius 3 is 2.62 bits per heavy atom. The Labute approximate surface area is 152 Å². The van der Waals surface area contributed by atoms with Crippen molar-refractivity contribution in [3.63, 3.8) is 0 Å². The summed E-state index contributed by atoms with van der Waals surface area (Å²) in [5.74, 6) is 0.334. The third-order valence-electron chi connectivity index (χ3n) is 4.84. The third kappa shape index (κ3) is 3.95. The number of amides is 1. The van der Waals surface area contributed by atoms with E-state index >= 15 is 0 Å². The molecule has 0 atom stereocenters. The lowest BCUT2D eigenvalue weighted by molar-refractivity contribution is -0.139. The zero-order valence-electron chi connectivity index (χ0n) is 15.3. The summed E-state index contributed by atoms with van der Waals surface area (Å²) < 4.78 is 20.9. The van der Waals surface area contributed by atoms with Crippen LogP contribution in [-0.2, 0) is 18.3 Å². The van der Waals surface area contributed by atoms with E-state index in [0.717, 1.165) is 11.3 Å². The summed E-state index contributed by atoms with van der Waals surface area (Å²) in [7, 11) is 1.71. The molecular weight excluding hydrogens is 335 g/mol. The lowest BCUT2D eigenvalue weighted by atomic mass is 10.1. The summed E-state index contributed by atoms with van der Waals surface area (Å²) in [6, 6.07) is 8.35. The number of benzene rings is 1. The van der Waals surface area contributed by atoms with Gasteiger partial charge >= 0.3 is 0 Å². The third-order valence-corrected chi connectivity index (χ3v) is 4.84. The van der Waals surface area contributed by atoms with E-state index in [-0.39, 0.29) is 23.4 Å². The van der Waals surface area contributed by atoms with Gasteiger partial charge in [0.25, 0.3) is 5.56 Å². The summed E-state index contributed by atoms with van der Waals surface area (Å²) in [4.78, 5) is 25.7. The maximum absolute atomic E-state index is 13.5. The van der Waals surface area contributed by atoms with E-state index in [0.29, 0.717) is 37.2 Å². The van der Waals surface area contributed by atoms with Crippen LogP contribution in [0.25, 0.3) is 0 Å². The zero-order chi connectivity index (χ0) is 18.8. The number of aromatic nitrogens is 1. The second-order valence-electron chi connectivity index (χ2n) is 6.85. The molecule has 0 bridgehead atoms. The van der Waals surface area contributed by atoms with Crippen molar-refractivity contribution in [3.8, 4) is 5.75 Å². The molecule has 1 saturated heterocycles. The van der Waals surface area contributed by atoms with E-state index < -0.39 is 0 Å². The molecule has 1 aliphatic rings. The minimum atomic E-state index is -0.239. The number of nitrogens with zero attached hydrogens (tertiary/aromatic N) is 2. The normalized spacial score (nSPS) is 14.2. The van der Waals surface area contributed by atoms with E-state index in [1.54, 1.807) is 29.5 Å². The number of halogens is 1. The molecule has 1 aromatic carbocycles. The number of hydrogen-bond donors (Lipinski definition) is 0. The van der Waals surface area contributed by atoms with Crippen LogP contribution in [0.4, 0.5) is 4.39 Å². The van der Waals surface area contributed by atoms with E-state index in [2.05, 4.69) is 0 Å². The Bertz CT molecular complexity index is 885. The molecular formula is C20H23FN2O3. The molecule has 0 aliphatic carbocycles. The van der Waals surface area contributed by atoms with Crippen molar-refractivity contribution in [2.45, 2.75) is 32.8 Å². The highest BCUT2D eigenvalue weighted by atomic mass is 19.1. The molecule has 138 valence electrons. The van der Waals surface area contributed by atoms with Gasteiger partial charge in [-0.2, -0.15) is 0 Å². The highest BCUT2D eigenvalue weighted by Crippen LogP contribution is 2.19. The van der Waals surface area contributed by atoms with Crippen molar-refractivity contribution in [1.82, 2.24) is 9.47 Å². The van der Waals surface area contributed by atoms with Crippen LogP contribution in [0, 0.1) is 19.7 Å². The lowest BCUT2D eigenvalue weighted by Gasteiger charge is -2.39. The molecule has 2 aromatic rings. The predicted octanol–water partition coefficient (Wildman–Crippen LogP) is 2.36. The van der Waals surface area contributed by atoms with Gasteiger partial charge in [-0.05, 0) is 43.5 Å². The average Bonchev–Trinajstić information content (AvgIpc) is 2.56. The molecule has 0 saturated carbocycles. The van der Waals surface area contributed by atoms with Crippen LogP contribution in [0.3, 0.4) is 0 Å². The van der Waals surface area contributed by atoms with Crippen molar-refractivity contribution in [1.29, 1.82) is 0 Å². The molecule has 3 rings (SSSR count). The van der Waals surface area contributed by atoms with Crippen molar-refractivity contribution >= 4 is 5.91 Å². The van der Waals surface area contributed by atoms with Crippen LogP contribution in [0.1, 0.15) is 23.2 Å². The smallest absolute Gasteiger partial charge is 0.254 e. The van der Waals surface area contributed by atoms with Crippen LogP contribution in [0.5, 0.6) is 5.75 Å². The summed E-state index contributed by atoms with van der Waals surface area (Å²) in [6.07, 6.45) is 0.772. The fraction of sp³-hybridized carbons (Fsp3) is 0.400. The SMILES string of the molecule is Cc1ccc(CCC(=O)N2CC(Oc3cc(C)n(C)c(=O)c3)C2)cc1F. The van der Waals surface area contributed by atoms with Crippen molar-refractivity contribution < 1.29 is 13.9 Å². The summed E-state index contributed by atoms with van der Waals surface area (Å²) in [5.41, 5.74) is 2.14. The standard InChI is InChI=1S/C20H23FN2O3/c1-13-4-5-15(9-18(13)21)6-7-19(24)23-11-17(12-23)26-16-8-14(2)22(3)20(25)10-16/h4-5,8-10,17H,6-7,11-12H2,1-3H3. The van der Waals surface area contributed by atoms with E-state index in [4.69, 9.17) is 4.74 Å². The first-order valence-corrected chi connectivity index (χ1v) is 8.70. The van der Waals surface area contributed by atoms with Gasteiger partial charge in [0, 0.05) is 25.2 Å². The van der Waals surface area contributed by atoms with Gasteiger partial charge in [-0.1, -0.05) is 12.1 Å². The Morgan fingerprint density at radius 1 is 1.23 bits per heavy atom. The molecule has 1 amide bonds. The largest absolute Gasteiger partial charge is 0.486 e. The minimum absolute atomic E-state index is 0.0333. The number of likely N-dealkylation sites (tertiary alicyclic amines) is 1. The summed E-state index contributed by atoms with van der Waals surface area (Å²) in [5, 5.41) is 0. The van der Waals surface area contributed by atoms with Crippen molar-refractivity contribution in [2.24, 2.45) is 7.05 Å². The highest BCUT2D eigenvalue weighted by Gasteiger charge is 2.32. The first-order chi connectivity index (χ1) is 12.3. The molecule has 1 aromatic heterocycles. The van der Waals surface area contributed by atoms with Gasteiger partial charge in [0.15, 0.2) is 0 Å². The summed E-state index contributed by atoms with van der Waals surface area (Å²) >= 11 is 0. The Kier molecular flexibility index (Phi) is 5.11. The molecule has 0 N–H and O–H groups in total. The molecule has 0 unspecified atom stereocenters. The molecule has 1 aliphatic heterocycles. The van der Waals surface area contributed by atoms with E-state index in [1.165, 1.54) is 12.1 Å². The van der Waals surface area contributed by atoms with Crippen LogP contribution < -0.4 is 10.3 Å². The van der Waals surface area contributed by atoms with Gasteiger partial charge in [0.05, 0.1) is 13.1 Å². The molecule has 6 heteroatoms. The summed E-state index contributed by atoms with van der Waals surface area (Å²) in [6.45, 7) is 4.58. The molecule has 1 fully saturated rings. The molecule has 2 heterocycles. The van der Waals surface area contributed by atoms with Gasteiger partial charge in [-0.3, -0.25) is 9.59 Å². The monoisotopic (exact) mass is 358 g/mol. The van der Waals surface area contributed by atoms with Crippen LogP contribution in [-0.4, -0.2) is 34.6 Å². The number of hydrogen-bond acceptors (Lipinski definition) is 3. The number of ether oxygens (including phenoxy) is 1. The van der Waals surface area contributed by atoms with E-state index in [1.807, 2.05) is 19.1 Å². The predicted molar refractivity (Wildman–Crippen MR) is 96.9 cm³/mol. The topological polar surface area (TPSA) is 51.5 Å². The van der Waals surface area contributed by atoms with E-state index in [9.17, 15) is 14.0 Å². The number of carbonyl (C=O) groups is 1. The first-order valence-electron chi connectivity index (χ1n) is 8.70. The van der Waals surface area contributed by atoms with Crippen molar-refractivity contribution in [2.75, 3.05) is 13.1 Å². The average molecular weight is 358 g/mol. The van der Waals surface area contributed by atoms with Crippen LogP contribution >= 0.6 is 0 Å². The maximum Gasteiger partial charge on any atom is 0.254 e. The lowest BCUT2D eigenvalue weighted by Crippen LogP contribution is -2.56. The Hall–Kier alpha value is -2.63. The number of aryl methyl sites for hydroxylation is 3. The van der Waals surface area contributed by atoms with Crippen molar-refractivity contribution in [3.05, 3.63) is 63.3 Å². The van der Waals surface area contributed by atoms with Gasteiger partial charge in [-0.15, -0.1) is 0 Å². The fourth-order valence-corrected chi connectivity index (χ4v) is 2.91. The van der Waals surface area contributed by atoms with Gasteiger partial charge in [0.2, 0.25) is 5.91 Å². The maximum atomic E-state index is 13.5. The number of pyridine rings is 1. The van der Waals surface area contributed by atoms with Crippen LogP contribution in [0.2, 0.25) is 0 Å². The Morgan fingerprint density at radius 2 is 1.96 bits per heavy atom. The number of rotatable bonds is 5. The quantitative estimate of drug-likeness (QED) is 0.825. The second kappa shape index (κ2) is 7.32. The first kappa shape index (κ1) is 18.2. The minimum Gasteiger partial charge on any atom is -0.486 e. The molecule has 5 nitrogen and oxygen atoms in total. The molecule has 0 spiro atoms. The Balaban J connectivity index is 1.47. The molecule has 0 radical (unpaired) electrons. The molecule has 26 heavy (non-hydrogen) atoms. The second-order valence-corrected chi connectivity index (χ2v) is 6.85.